The van der Waals surface area contributed by atoms with Gasteiger partial charge < -0.3 is 9.73 Å². The molecule has 1 aromatic heterocycles. The van der Waals surface area contributed by atoms with Crippen molar-refractivity contribution in [2.75, 3.05) is 0 Å². The Kier molecular flexibility index (Phi) is 3.48. The fourth-order valence-electron chi connectivity index (χ4n) is 2.16. The Bertz CT molecular complexity index is 736. The van der Waals surface area contributed by atoms with E-state index in [0.29, 0.717) is 18.7 Å². The molecule has 2 nitrogen and oxygen atoms in total. The van der Waals surface area contributed by atoms with Crippen molar-refractivity contribution in [3.8, 4) is 0 Å². The van der Waals surface area contributed by atoms with Gasteiger partial charge in [0.25, 0.3) is 0 Å². The van der Waals surface area contributed by atoms with Gasteiger partial charge >= 0.3 is 0 Å². The predicted molar refractivity (Wildman–Crippen MR) is 73.1 cm³/mol. The number of rotatable bonds is 4. The van der Waals surface area contributed by atoms with Crippen molar-refractivity contribution in [2.24, 2.45) is 0 Å². The smallest absolute Gasteiger partial charge is 0.159 e. The minimum atomic E-state index is -0.824. The van der Waals surface area contributed by atoms with Crippen LogP contribution in [0.4, 0.5) is 8.78 Å². The summed E-state index contributed by atoms with van der Waals surface area (Å²) >= 11 is 0. The maximum atomic E-state index is 13.1. The molecule has 0 aliphatic rings. The molecule has 0 bridgehead atoms. The highest BCUT2D eigenvalue weighted by molar-refractivity contribution is 5.80. The fraction of sp³-hybridized carbons (Fsp3) is 0.125. The molecule has 2 aromatic carbocycles. The van der Waals surface area contributed by atoms with Gasteiger partial charge in [-0.2, -0.15) is 0 Å². The van der Waals surface area contributed by atoms with Crippen LogP contribution >= 0.6 is 0 Å². The summed E-state index contributed by atoms with van der Waals surface area (Å²) in [5.41, 5.74) is 2.59. The van der Waals surface area contributed by atoms with Gasteiger partial charge in [0.15, 0.2) is 11.6 Å². The summed E-state index contributed by atoms with van der Waals surface area (Å²) < 4.78 is 31.3. The van der Waals surface area contributed by atoms with Crippen LogP contribution in [0, 0.1) is 11.6 Å². The predicted octanol–water partition coefficient (Wildman–Crippen LogP) is 4.00. The zero-order chi connectivity index (χ0) is 13.9. The molecule has 0 spiro atoms. The lowest BCUT2D eigenvalue weighted by molar-refractivity contribution is 0.506. The van der Waals surface area contributed by atoms with E-state index in [4.69, 9.17) is 4.42 Å². The molecule has 0 radical (unpaired) electrons. The first kappa shape index (κ1) is 12.8. The second kappa shape index (κ2) is 5.43. The Morgan fingerprint density at radius 3 is 2.65 bits per heavy atom. The highest BCUT2D eigenvalue weighted by Gasteiger charge is 2.05. The lowest BCUT2D eigenvalue weighted by atomic mass is 10.1. The molecule has 0 saturated carbocycles. The number of para-hydroxylation sites is 1. The first-order valence-electron chi connectivity index (χ1n) is 6.34. The Balaban J connectivity index is 1.66. The maximum Gasteiger partial charge on any atom is 0.159 e. The van der Waals surface area contributed by atoms with Gasteiger partial charge in [-0.1, -0.05) is 24.3 Å². The van der Waals surface area contributed by atoms with Crippen molar-refractivity contribution >= 4 is 11.0 Å². The van der Waals surface area contributed by atoms with Crippen LogP contribution in [-0.4, -0.2) is 0 Å². The second-order valence-corrected chi connectivity index (χ2v) is 4.61. The molecule has 3 rings (SSSR count). The van der Waals surface area contributed by atoms with Gasteiger partial charge in [0, 0.05) is 24.0 Å². The van der Waals surface area contributed by atoms with E-state index in [1.807, 2.05) is 24.3 Å². The van der Waals surface area contributed by atoms with E-state index < -0.39 is 11.6 Å². The Labute approximate surface area is 115 Å². The van der Waals surface area contributed by atoms with Crippen molar-refractivity contribution < 1.29 is 13.2 Å². The molecule has 0 atom stereocenters. The maximum absolute atomic E-state index is 13.1. The van der Waals surface area contributed by atoms with Crippen LogP contribution in [0.15, 0.2) is 53.1 Å². The average Bonchev–Trinajstić information content (AvgIpc) is 2.86. The third kappa shape index (κ3) is 2.56. The molecule has 0 unspecified atom stereocenters. The lowest BCUT2D eigenvalue weighted by Gasteiger charge is -2.04. The van der Waals surface area contributed by atoms with Crippen molar-refractivity contribution in [3.05, 3.63) is 71.5 Å². The van der Waals surface area contributed by atoms with E-state index in [0.717, 1.165) is 22.6 Å². The number of hydrogen-bond acceptors (Lipinski definition) is 2. The summed E-state index contributed by atoms with van der Waals surface area (Å²) in [6.45, 7) is 1.08. The standard InChI is InChI=1S/C16H13F2NO/c17-14-6-5-11(7-15(14)18)8-19-9-12-10-20-16-4-2-1-3-13(12)16/h1-7,10,19H,8-9H2. The molecule has 3 aromatic rings. The van der Waals surface area contributed by atoms with Crippen molar-refractivity contribution in [3.63, 3.8) is 0 Å². The van der Waals surface area contributed by atoms with Gasteiger partial charge in [-0.25, -0.2) is 8.78 Å². The number of halogens is 2. The molecule has 4 heteroatoms. The number of furan rings is 1. The van der Waals surface area contributed by atoms with Crippen molar-refractivity contribution in [1.29, 1.82) is 0 Å². The summed E-state index contributed by atoms with van der Waals surface area (Å²) in [6, 6.07) is 11.7. The summed E-state index contributed by atoms with van der Waals surface area (Å²) in [5, 5.41) is 4.25. The number of benzene rings is 2. The summed E-state index contributed by atoms with van der Waals surface area (Å²) in [4.78, 5) is 0. The minimum Gasteiger partial charge on any atom is -0.464 e. The molecule has 0 amide bonds. The van der Waals surface area contributed by atoms with Crippen LogP contribution in [0.3, 0.4) is 0 Å². The molecule has 0 aliphatic carbocycles. The molecule has 0 fully saturated rings. The molecule has 0 saturated heterocycles. The van der Waals surface area contributed by atoms with Gasteiger partial charge in [0.1, 0.15) is 5.58 Å². The highest BCUT2D eigenvalue weighted by atomic mass is 19.2. The van der Waals surface area contributed by atoms with Crippen LogP contribution in [0.1, 0.15) is 11.1 Å². The Morgan fingerprint density at radius 2 is 1.80 bits per heavy atom. The van der Waals surface area contributed by atoms with E-state index in [2.05, 4.69) is 5.32 Å². The van der Waals surface area contributed by atoms with Crippen LogP contribution in [0.25, 0.3) is 11.0 Å². The number of nitrogens with one attached hydrogen (secondary N) is 1. The quantitative estimate of drug-likeness (QED) is 0.777. The molecular formula is C16H13F2NO. The third-order valence-electron chi connectivity index (χ3n) is 3.19. The average molecular weight is 273 g/mol. The molecule has 20 heavy (non-hydrogen) atoms. The topological polar surface area (TPSA) is 25.2 Å². The summed E-state index contributed by atoms with van der Waals surface area (Å²) in [7, 11) is 0. The Hall–Kier alpha value is -2.20. The fourth-order valence-corrected chi connectivity index (χ4v) is 2.16. The normalized spacial score (nSPS) is 11.1. The second-order valence-electron chi connectivity index (χ2n) is 4.61. The third-order valence-corrected chi connectivity index (χ3v) is 3.19. The van der Waals surface area contributed by atoms with Gasteiger partial charge in [0.2, 0.25) is 0 Å². The molecular weight excluding hydrogens is 260 g/mol. The number of fused-ring (bicyclic) bond motifs is 1. The largest absolute Gasteiger partial charge is 0.464 e. The zero-order valence-electron chi connectivity index (χ0n) is 10.7. The van der Waals surface area contributed by atoms with Crippen LogP contribution in [0.2, 0.25) is 0 Å². The van der Waals surface area contributed by atoms with Gasteiger partial charge in [-0.3, -0.25) is 0 Å². The molecule has 1 heterocycles. The van der Waals surface area contributed by atoms with Crippen LogP contribution in [0.5, 0.6) is 0 Å². The van der Waals surface area contributed by atoms with Crippen LogP contribution in [-0.2, 0) is 13.1 Å². The highest BCUT2D eigenvalue weighted by Crippen LogP contribution is 2.20. The zero-order valence-corrected chi connectivity index (χ0v) is 10.7. The first-order chi connectivity index (χ1) is 9.74. The van der Waals surface area contributed by atoms with Crippen molar-refractivity contribution in [2.45, 2.75) is 13.1 Å². The summed E-state index contributed by atoms with van der Waals surface area (Å²) in [6.07, 6.45) is 1.71. The van der Waals surface area contributed by atoms with Gasteiger partial charge in [0.05, 0.1) is 6.26 Å². The van der Waals surface area contributed by atoms with E-state index in [1.54, 1.807) is 12.3 Å². The van der Waals surface area contributed by atoms with Crippen molar-refractivity contribution in [1.82, 2.24) is 5.32 Å². The first-order valence-corrected chi connectivity index (χ1v) is 6.34. The number of hydrogen-bond donors (Lipinski definition) is 1. The summed E-state index contributed by atoms with van der Waals surface area (Å²) in [5.74, 6) is -1.65. The lowest BCUT2D eigenvalue weighted by Crippen LogP contribution is -2.12. The molecule has 0 aliphatic heterocycles. The van der Waals surface area contributed by atoms with Gasteiger partial charge in [-0.15, -0.1) is 0 Å². The molecule has 1 N–H and O–H groups in total. The Morgan fingerprint density at radius 1 is 0.950 bits per heavy atom. The van der Waals surface area contributed by atoms with E-state index in [9.17, 15) is 8.78 Å². The van der Waals surface area contributed by atoms with Crippen LogP contribution < -0.4 is 5.32 Å². The molecule has 102 valence electrons. The van der Waals surface area contributed by atoms with E-state index >= 15 is 0 Å². The minimum absolute atomic E-state index is 0.469. The van der Waals surface area contributed by atoms with E-state index in [-0.39, 0.29) is 0 Å². The van der Waals surface area contributed by atoms with E-state index in [1.165, 1.54) is 6.07 Å². The van der Waals surface area contributed by atoms with Gasteiger partial charge in [-0.05, 0) is 23.8 Å². The SMILES string of the molecule is Fc1ccc(CNCc2coc3ccccc23)cc1F. The monoisotopic (exact) mass is 273 g/mol.